The van der Waals surface area contributed by atoms with Gasteiger partial charge < -0.3 is 10.4 Å². The summed E-state index contributed by atoms with van der Waals surface area (Å²) < 4.78 is 53.2. The van der Waals surface area contributed by atoms with Crippen molar-refractivity contribution in [3.8, 4) is 16.9 Å². The third-order valence-corrected chi connectivity index (χ3v) is 5.35. The molecule has 1 aliphatic carbocycles. The van der Waals surface area contributed by atoms with Crippen LogP contribution in [0.1, 0.15) is 35.3 Å². The molecule has 0 unspecified atom stereocenters. The summed E-state index contributed by atoms with van der Waals surface area (Å²) in [7, 11) is 0. The minimum atomic E-state index is -4.64. The van der Waals surface area contributed by atoms with Crippen molar-refractivity contribution >= 4 is 5.91 Å². The zero-order chi connectivity index (χ0) is 23.8. The Labute approximate surface area is 184 Å². The average Bonchev–Trinajstić information content (AvgIpc) is 3.17. The number of hydrogen-bond acceptors (Lipinski definition) is 5. The van der Waals surface area contributed by atoms with Gasteiger partial charge in [-0.05, 0) is 55.7 Å². The van der Waals surface area contributed by atoms with Gasteiger partial charge in [-0.25, -0.2) is 4.39 Å². The standard InChI is InChI=1S/C22H18F4N4O3/c23-13-3-1-4-14(9-13)30-21(33)15(20(32)28-16-5-2-6-18(16)31)10-17(29-30)12-7-8-19(27-11-12)22(24,25)26/h1,3-4,7-11,16,18,31H,2,5-6H2,(H,28,32)/t16-,18+/m0/s1. The highest BCUT2D eigenvalue weighted by molar-refractivity contribution is 5.95. The second-order valence-corrected chi connectivity index (χ2v) is 7.65. The molecule has 0 spiro atoms. The van der Waals surface area contributed by atoms with Gasteiger partial charge in [0, 0.05) is 11.8 Å². The van der Waals surface area contributed by atoms with Crippen LogP contribution in [0.3, 0.4) is 0 Å². The normalized spacial score (nSPS) is 18.3. The summed E-state index contributed by atoms with van der Waals surface area (Å²) in [6, 6.07) is 7.40. The lowest BCUT2D eigenvalue weighted by molar-refractivity contribution is -0.141. The van der Waals surface area contributed by atoms with Crippen molar-refractivity contribution in [3.05, 3.63) is 76.1 Å². The molecule has 2 atom stereocenters. The molecule has 1 aromatic carbocycles. The maximum atomic E-state index is 13.8. The largest absolute Gasteiger partial charge is 0.433 e. The summed E-state index contributed by atoms with van der Waals surface area (Å²) >= 11 is 0. The van der Waals surface area contributed by atoms with Crippen LogP contribution in [0.15, 0.2) is 53.5 Å². The van der Waals surface area contributed by atoms with E-state index >= 15 is 0 Å². The highest BCUT2D eigenvalue weighted by Gasteiger charge is 2.32. The number of halogens is 4. The van der Waals surface area contributed by atoms with E-state index < -0.39 is 41.3 Å². The minimum Gasteiger partial charge on any atom is -0.391 e. The lowest BCUT2D eigenvalue weighted by Crippen LogP contribution is -2.42. The van der Waals surface area contributed by atoms with E-state index in [1.54, 1.807) is 0 Å². The number of rotatable bonds is 4. The van der Waals surface area contributed by atoms with Crippen LogP contribution in [-0.2, 0) is 6.18 Å². The summed E-state index contributed by atoms with van der Waals surface area (Å²) in [5.74, 6) is -1.43. The second kappa shape index (κ2) is 8.74. The molecule has 7 nitrogen and oxygen atoms in total. The summed E-state index contributed by atoms with van der Waals surface area (Å²) in [6.07, 6.45) is -2.71. The van der Waals surface area contributed by atoms with E-state index in [1.807, 2.05) is 0 Å². The first kappa shape index (κ1) is 22.6. The van der Waals surface area contributed by atoms with Crippen LogP contribution in [0.25, 0.3) is 16.9 Å². The quantitative estimate of drug-likeness (QED) is 0.581. The molecule has 1 aliphatic rings. The van der Waals surface area contributed by atoms with Crippen molar-refractivity contribution in [2.45, 2.75) is 37.6 Å². The number of alkyl halides is 3. The molecular formula is C22H18F4N4O3. The van der Waals surface area contributed by atoms with Gasteiger partial charge in [-0.2, -0.15) is 23.0 Å². The summed E-state index contributed by atoms with van der Waals surface area (Å²) in [6.45, 7) is 0. The highest BCUT2D eigenvalue weighted by Crippen LogP contribution is 2.28. The molecule has 3 aromatic rings. The number of amides is 1. The van der Waals surface area contributed by atoms with Gasteiger partial charge in [0.05, 0.1) is 23.5 Å². The Hall–Kier alpha value is -3.60. The Kier molecular flexibility index (Phi) is 5.98. The van der Waals surface area contributed by atoms with Crippen molar-refractivity contribution in [1.29, 1.82) is 0 Å². The van der Waals surface area contributed by atoms with Gasteiger partial charge in [0.15, 0.2) is 0 Å². The van der Waals surface area contributed by atoms with Crippen LogP contribution in [0.4, 0.5) is 17.6 Å². The van der Waals surface area contributed by atoms with Crippen LogP contribution in [0.2, 0.25) is 0 Å². The number of nitrogens with one attached hydrogen (secondary N) is 1. The Morgan fingerprint density at radius 3 is 2.55 bits per heavy atom. The van der Waals surface area contributed by atoms with E-state index in [9.17, 15) is 32.3 Å². The molecular weight excluding hydrogens is 444 g/mol. The number of benzene rings is 1. The molecule has 0 radical (unpaired) electrons. The molecule has 1 amide bonds. The third kappa shape index (κ3) is 4.77. The Morgan fingerprint density at radius 2 is 1.94 bits per heavy atom. The molecule has 1 fully saturated rings. The first-order valence-electron chi connectivity index (χ1n) is 10.1. The topological polar surface area (TPSA) is 97.1 Å². The van der Waals surface area contributed by atoms with Gasteiger partial charge in [-0.15, -0.1) is 0 Å². The zero-order valence-corrected chi connectivity index (χ0v) is 17.0. The van der Waals surface area contributed by atoms with Gasteiger partial charge in [-0.1, -0.05) is 6.07 Å². The molecule has 33 heavy (non-hydrogen) atoms. The van der Waals surface area contributed by atoms with Crippen molar-refractivity contribution in [2.24, 2.45) is 0 Å². The lowest BCUT2D eigenvalue weighted by atomic mass is 10.1. The first-order chi connectivity index (χ1) is 15.6. The van der Waals surface area contributed by atoms with Crippen molar-refractivity contribution in [3.63, 3.8) is 0 Å². The molecule has 11 heteroatoms. The van der Waals surface area contributed by atoms with E-state index in [2.05, 4.69) is 15.4 Å². The van der Waals surface area contributed by atoms with Crippen LogP contribution in [-0.4, -0.2) is 37.9 Å². The van der Waals surface area contributed by atoms with Gasteiger partial charge in [0.2, 0.25) is 0 Å². The van der Waals surface area contributed by atoms with Crippen molar-refractivity contribution in [1.82, 2.24) is 20.1 Å². The highest BCUT2D eigenvalue weighted by atomic mass is 19.4. The van der Waals surface area contributed by atoms with Crippen molar-refractivity contribution in [2.75, 3.05) is 0 Å². The maximum Gasteiger partial charge on any atom is 0.433 e. The monoisotopic (exact) mass is 462 g/mol. The lowest BCUT2D eigenvalue weighted by Gasteiger charge is -2.17. The fourth-order valence-electron chi connectivity index (χ4n) is 3.65. The number of aliphatic hydroxyl groups is 1. The molecule has 2 heterocycles. The third-order valence-electron chi connectivity index (χ3n) is 5.35. The molecule has 1 saturated carbocycles. The number of pyridine rings is 1. The maximum absolute atomic E-state index is 13.8. The van der Waals surface area contributed by atoms with E-state index in [0.717, 1.165) is 41.2 Å². The number of nitrogens with zero attached hydrogens (tertiary/aromatic N) is 3. The smallest absolute Gasteiger partial charge is 0.391 e. The number of carbonyl (C=O) groups is 1. The minimum absolute atomic E-state index is 0.0165. The molecule has 2 N–H and O–H groups in total. The summed E-state index contributed by atoms with van der Waals surface area (Å²) in [5.41, 5.74) is -2.20. The van der Waals surface area contributed by atoms with E-state index in [4.69, 9.17) is 0 Å². The number of aliphatic hydroxyl groups excluding tert-OH is 1. The Balaban J connectivity index is 1.81. The average molecular weight is 462 g/mol. The van der Waals surface area contributed by atoms with E-state index in [0.29, 0.717) is 19.3 Å². The first-order valence-corrected chi connectivity index (χ1v) is 10.1. The van der Waals surface area contributed by atoms with Gasteiger partial charge in [-0.3, -0.25) is 14.6 Å². The molecule has 4 rings (SSSR count). The van der Waals surface area contributed by atoms with Crippen LogP contribution in [0, 0.1) is 5.82 Å². The van der Waals surface area contributed by atoms with Crippen LogP contribution < -0.4 is 10.9 Å². The number of hydrogen-bond donors (Lipinski definition) is 2. The molecule has 2 aromatic heterocycles. The van der Waals surface area contributed by atoms with E-state index in [-0.39, 0.29) is 22.5 Å². The van der Waals surface area contributed by atoms with Gasteiger partial charge in [0.25, 0.3) is 11.5 Å². The zero-order valence-electron chi connectivity index (χ0n) is 17.0. The fourth-order valence-corrected chi connectivity index (χ4v) is 3.65. The van der Waals surface area contributed by atoms with E-state index in [1.165, 1.54) is 12.1 Å². The second-order valence-electron chi connectivity index (χ2n) is 7.65. The fraction of sp³-hybridized carbons (Fsp3) is 0.273. The molecule has 0 bridgehead atoms. The summed E-state index contributed by atoms with van der Waals surface area (Å²) in [5, 5.41) is 16.7. The van der Waals surface area contributed by atoms with Crippen LogP contribution in [0.5, 0.6) is 0 Å². The van der Waals surface area contributed by atoms with Crippen LogP contribution >= 0.6 is 0 Å². The molecule has 0 aliphatic heterocycles. The predicted molar refractivity (Wildman–Crippen MR) is 109 cm³/mol. The van der Waals surface area contributed by atoms with Gasteiger partial charge >= 0.3 is 6.18 Å². The predicted octanol–water partition coefficient (Wildman–Crippen LogP) is 3.10. The number of carbonyl (C=O) groups excluding carboxylic acids is 1. The molecule has 172 valence electrons. The Bertz CT molecular complexity index is 1240. The summed E-state index contributed by atoms with van der Waals surface area (Å²) in [4.78, 5) is 29.3. The number of aromatic nitrogens is 3. The molecule has 0 saturated heterocycles. The van der Waals surface area contributed by atoms with Crippen molar-refractivity contribution < 1.29 is 27.5 Å². The Morgan fingerprint density at radius 1 is 1.15 bits per heavy atom. The van der Waals surface area contributed by atoms with Gasteiger partial charge in [0.1, 0.15) is 17.1 Å². The SMILES string of the molecule is O=C(N[C@H]1CCC[C@H]1O)c1cc(-c2ccc(C(F)(F)F)nc2)nn(-c2cccc(F)c2)c1=O.